The summed E-state index contributed by atoms with van der Waals surface area (Å²) < 4.78 is 24.7. The highest BCUT2D eigenvalue weighted by Crippen LogP contribution is 2.36. The molecule has 0 spiro atoms. The minimum Gasteiger partial charge on any atom is -0.321 e. The minimum absolute atomic E-state index is 0.0155. The Hall–Kier alpha value is -2.40. The van der Waals surface area contributed by atoms with Crippen molar-refractivity contribution in [3.8, 4) is 0 Å². The molecule has 0 bridgehead atoms. The maximum Gasteiger partial charge on any atom is 0.233 e. The normalized spacial score (nSPS) is 17.7. The topological polar surface area (TPSA) is 54.5 Å². The van der Waals surface area contributed by atoms with Gasteiger partial charge in [0, 0.05) is 18.8 Å². The van der Waals surface area contributed by atoms with E-state index in [2.05, 4.69) is 0 Å². The number of sulfone groups is 1. The van der Waals surface area contributed by atoms with Crippen molar-refractivity contribution in [3.05, 3.63) is 71.4 Å². The first kappa shape index (κ1) is 17.4. The summed E-state index contributed by atoms with van der Waals surface area (Å²) in [6, 6.07) is 14.8. The molecule has 5 heteroatoms. The van der Waals surface area contributed by atoms with Crippen molar-refractivity contribution in [2.45, 2.75) is 24.7 Å². The zero-order valence-electron chi connectivity index (χ0n) is 14.6. The monoisotopic (exact) mass is 355 g/mol. The molecule has 1 amide bonds. The highest BCUT2D eigenvalue weighted by Gasteiger charge is 2.28. The molecule has 1 atom stereocenters. The van der Waals surface area contributed by atoms with Crippen molar-refractivity contribution >= 4 is 21.3 Å². The summed E-state index contributed by atoms with van der Waals surface area (Å²) in [4.78, 5) is 14.5. The summed E-state index contributed by atoms with van der Waals surface area (Å²) in [5.74, 6) is -0.306. The molecule has 2 aromatic rings. The number of carbonyl (C=O) groups is 1. The van der Waals surface area contributed by atoms with E-state index < -0.39 is 9.84 Å². The largest absolute Gasteiger partial charge is 0.321 e. The van der Waals surface area contributed by atoms with Crippen LogP contribution in [0.5, 0.6) is 0 Å². The van der Waals surface area contributed by atoms with Crippen LogP contribution in [0.1, 0.15) is 36.5 Å². The van der Waals surface area contributed by atoms with Crippen molar-refractivity contribution in [2.75, 3.05) is 12.8 Å². The second kappa shape index (κ2) is 6.48. The molecule has 1 aliphatic heterocycles. The molecule has 0 radical (unpaired) electrons. The van der Waals surface area contributed by atoms with Gasteiger partial charge in [0.25, 0.3) is 0 Å². The summed E-state index contributed by atoms with van der Waals surface area (Å²) in [6.45, 7) is 3.49. The number of amides is 1. The van der Waals surface area contributed by atoms with E-state index in [9.17, 15) is 13.2 Å². The number of hydrogen-bond donors (Lipinski definition) is 0. The SMILES string of the molecule is CCS(=O)(=O)c1ccc2c(c1)C(c1ccccc1)=CN(C)C(=O)C2C. The number of carbonyl (C=O) groups excluding carboxylic acids is 1. The van der Waals surface area contributed by atoms with E-state index in [1.54, 1.807) is 43.3 Å². The number of hydrogen-bond acceptors (Lipinski definition) is 3. The van der Waals surface area contributed by atoms with Crippen LogP contribution in [-0.4, -0.2) is 32.0 Å². The summed E-state index contributed by atoms with van der Waals surface area (Å²) in [5, 5.41) is 0. The van der Waals surface area contributed by atoms with Gasteiger partial charge in [0.05, 0.1) is 16.6 Å². The highest BCUT2D eigenvalue weighted by molar-refractivity contribution is 7.91. The lowest BCUT2D eigenvalue weighted by atomic mass is 9.90. The standard InChI is InChI=1S/C20H21NO3S/c1-4-25(23,24)16-10-11-17-14(2)20(22)21(3)13-19(18(17)12-16)15-8-6-5-7-9-15/h5-14H,4H2,1-3H3. The fraction of sp³-hybridized carbons (Fsp3) is 0.250. The first-order valence-corrected chi connectivity index (χ1v) is 9.91. The molecule has 1 unspecified atom stereocenters. The third kappa shape index (κ3) is 3.12. The quantitative estimate of drug-likeness (QED) is 0.847. The van der Waals surface area contributed by atoms with Crippen LogP contribution in [0.3, 0.4) is 0 Å². The molecule has 0 saturated heterocycles. The van der Waals surface area contributed by atoms with Gasteiger partial charge in [-0.05, 0) is 35.7 Å². The second-order valence-electron chi connectivity index (χ2n) is 6.23. The number of likely N-dealkylation sites (N-methyl/N-ethyl adjacent to an activating group) is 1. The number of rotatable bonds is 3. The Labute approximate surface area is 148 Å². The molecule has 0 aliphatic carbocycles. The molecule has 4 nitrogen and oxygen atoms in total. The lowest BCUT2D eigenvalue weighted by Crippen LogP contribution is -2.24. The van der Waals surface area contributed by atoms with Crippen LogP contribution < -0.4 is 0 Å². The van der Waals surface area contributed by atoms with Crippen LogP contribution in [0.4, 0.5) is 0 Å². The number of nitrogens with zero attached hydrogens (tertiary/aromatic N) is 1. The molecule has 130 valence electrons. The lowest BCUT2D eigenvalue weighted by molar-refractivity contribution is -0.128. The van der Waals surface area contributed by atoms with Gasteiger partial charge >= 0.3 is 0 Å². The Morgan fingerprint density at radius 2 is 1.76 bits per heavy atom. The second-order valence-corrected chi connectivity index (χ2v) is 8.51. The van der Waals surface area contributed by atoms with Crippen LogP contribution in [0.15, 0.2) is 59.6 Å². The first-order chi connectivity index (χ1) is 11.8. The van der Waals surface area contributed by atoms with E-state index in [0.29, 0.717) is 4.90 Å². The van der Waals surface area contributed by atoms with Crippen molar-refractivity contribution in [1.29, 1.82) is 0 Å². The molecule has 1 aliphatic rings. The number of fused-ring (bicyclic) bond motifs is 1. The Kier molecular flexibility index (Phi) is 4.52. The number of benzene rings is 2. The van der Waals surface area contributed by atoms with Gasteiger partial charge in [-0.2, -0.15) is 0 Å². The van der Waals surface area contributed by atoms with Crippen molar-refractivity contribution in [2.24, 2.45) is 0 Å². The fourth-order valence-electron chi connectivity index (χ4n) is 3.12. The van der Waals surface area contributed by atoms with E-state index in [1.807, 2.05) is 37.3 Å². The van der Waals surface area contributed by atoms with Crippen LogP contribution >= 0.6 is 0 Å². The molecule has 0 fully saturated rings. The van der Waals surface area contributed by atoms with Gasteiger partial charge in [-0.3, -0.25) is 4.79 Å². The molecule has 3 rings (SSSR count). The van der Waals surface area contributed by atoms with Gasteiger partial charge in [-0.1, -0.05) is 43.3 Å². The van der Waals surface area contributed by atoms with Crippen LogP contribution in [0, 0.1) is 0 Å². The summed E-state index contributed by atoms with van der Waals surface area (Å²) in [5.41, 5.74) is 3.44. The van der Waals surface area contributed by atoms with Crippen molar-refractivity contribution < 1.29 is 13.2 Å². The molecule has 0 N–H and O–H groups in total. The van der Waals surface area contributed by atoms with Gasteiger partial charge in [-0.15, -0.1) is 0 Å². The Bertz CT molecular complexity index is 946. The molecular formula is C20H21NO3S. The van der Waals surface area contributed by atoms with E-state index in [1.165, 1.54) is 0 Å². The molecule has 0 saturated carbocycles. The van der Waals surface area contributed by atoms with Crippen LogP contribution in [0.2, 0.25) is 0 Å². The average Bonchev–Trinajstić information content (AvgIpc) is 2.73. The van der Waals surface area contributed by atoms with E-state index in [4.69, 9.17) is 0 Å². The molecule has 25 heavy (non-hydrogen) atoms. The van der Waals surface area contributed by atoms with E-state index in [0.717, 1.165) is 22.3 Å². The maximum atomic E-state index is 12.6. The summed E-state index contributed by atoms with van der Waals surface area (Å²) in [6.07, 6.45) is 1.79. The smallest absolute Gasteiger partial charge is 0.233 e. The first-order valence-electron chi connectivity index (χ1n) is 8.26. The molecular weight excluding hydrogens is 334 g/mol. The summed E-state index contributed by atoms with van der Waals surface area (Å²) >= 11 is 0. The molecule has 2 aromatic carbocycles. The third-order valence-electron chi connectivity index (χ3n) is 4.65. The van der Waals surface area contributed by atoms with Gasteiger partial charge < -0.3 is 4.90 Å². The Morgan fingerprint density at radius 1 is 1.08 bits per heavy atom. The third-order valence-corrected chi connectivity index (χ3v) is 6.38. The lowest BCUT2D eigenvalue weighted by Gasteiger charge is -2.16. The minimum atomic E-state index is -3.32. The Morgan fingerprint density at radius 3 is 2.40 bits per heavy atom. The zero-order valence-corrected chi connectivity index (χ0v) is 15.4. The zero-order chi connectivity index (χ0) is 18.2. The fourth-order valence-corrected chi connectivity index (χ4v) is 4.03. The summed E-state index contributed by atoms with van der Waals surface area (Å²) in [7, 11) is -1.59. The van der Waals surface area contributed by atoms with E-state index in [-0.39, 0.29) is 17.6 Å². The van der Waals surface area contributed by atoms with Gasteiger partial charge in [0.15, 0.2) is 9.84 Å². The maximum absolute atomic E-state index is 12.6. The predicted molar refractivity (Wildman–Crippen MR) is 98.9 cm³/mol. The molecule has 1 heterocycles. The highest BCUT2D eigenvalue weighted by atomic mass is 32.2. The Balaban J connectivity index is 2.30. The van der Waals surface area contributed by atoms with Crippen LogP contribution in [0.25, 0.3) is 5.57 Å². The molecule has 0 aromatic heterocycles. The van der Waals surface area contributed by atoms with Gasteiger partial charge in [0.2, 0.25) is 5.91 Å². The van der Waals surface area contributed by atoms with Crippen LogP contribution in [-0.2, 0) is 14.6 Å². The van der Waals surface area contributed by atoms with Gasteiger partial charge in [0.1, 0.15) is 0 Å². The van der Waals surface area contributed by atoms with Crippen molar-refractivity contribution in [3.63, 3.8) is 0 Å². The van der Waals surface area contributed by atoms with E-state index >= 15 is 0 Å². The predicted octanol–water partition coefficient (Wildman–Crippen LogP) is 3.44. The van der Waals surface area contributed by atoms with Crippen molar-refractivity contribution in [1.82, 2.24) is 4.90 Å². The van der Waals surface area contributed by atoms with Gasteiger partial charge in [-0.25, -0.2) is 8.42 Å². The average molecular weight is 355 g/mol.